The number of carbonyl (C=O) groups excluding carboxylic acids is 1. The number of rotatable bonds is 1. The van der Waals surface area contributed by atoms with Gasteiger partial charge in [0.1, 0.15) is 5.60 Å². The van der Waals surface area contributed by atoms with Crippen molar-refractivity contribution in [2.24, 2.45) is 0 Å². The van der Waals surface area contributed by atoms with Crippen LogP contribution >= 0.6 is 0 Å². The number of amides is 1. The Hall–Kier alpha value is -2.30. The normalized spacial score (nSPS) is 12.8. The van der Waals surface area contributed by atoms with E-state index in [-0.39, 0.29) is 5.97 Å². The van der Waals surface area contributed by atoms with Crippen LogP contribution in [0, 0.1) is 0 Å². The molecule has 0 aliphatic carbocycles. The van der Waals surface area contributed by atoms with Crippen LogP contribution in [-0.2, 0) is 16.0 Å². The van der Waals surface area contributed by atoms with Gasteiger partial charge in [-0.3, -0.25) is 4.90 Å². The van der Waals surface area contributed by atoms with Gasteiger partial charge < -0.3 is 9.84 Å². The number of ether oxygens (including phenoxy) is 1. The van der Waals surface area contributed by atoms with Crippen LogP contribution in [0.1, 0.15) is 26.3 Å². The van der Waals surface area contributed by atoms with Crippen LogP contribution in [0.5, 0.6) is 0 Å². The summed E-state index contributed by atoms with van der Waals surface area (Å²) in [5.41, 5.74) is 1.57. The molecule has 1 aromatic carbocycles. The Balaban J connectivity index is 0.000000222. The van der Waals surface area contributed by atoms with Gasteiger partial charge in [-0.2, -0.15) is 0 Å². The minimum Gasteiger partial charge on any atom is -0.465 e. The molecule has 1 aromatic rings. The molecular formula is C16H21NO4. The molecule has 1 amide bonds. The zero-order chi connectivity index (χ0) is 16.0. The van der Waals surface area contributed by atoms with E-state index in [4.69, 9.17) is 9.84 Å². The first-order valence-electron chi connectivity index (χ1n) is 6.68. The predicted molar refractivity (Wildman–Crippen MR) is 81.6 cm³/mol. The van der Waals surface area contributed by atoms with Gasteiger partial charge in [0.2, 0.25) is 0 Å². The molecule has 1 aliphatic rings. The molecule has 2 rings (SSSR count). The van der Waals surface area contributed by atoms with Crippen LogP contribution in [0.4, 0.5) is 10.5 Å². The predicted octanol–water partition coefficient (Wildman–Crippen LogP) is 3.24. The average molecular weight is 291 g/mol. The molecule has 1 N–H and O–H groups in total. The lowest BCUT2D eigenvalue weighted by atomic mass is 10.2. The van der Waals surface area contributed by atoms with Gasteiger partial charge in [0.15, 0.2) is 0 Å². The number of hydrogen-bond acceptors (Lipinski definition) is 3. The van der Waals surface area contributed by atoms with E-state index in [1.807, 2.05) is 45.0 Å². The molecule has 0 unspecified atom stereocenters. The van der Waals surface area contributed by atoms with Gasteiger partial charge in [0.25, 0.3) is 0 Å². The SMILES string of the molecule is C=CC(=O)OC(C)(C)C.O=C(O)N1CCc2ccccc21. The highest BCUT2D eigenvalue weighted by Crippen LogP contribution is 2.26. The molecule has 1 heterocycles. The minimum absolute atomic E-state index is 0.373. The highest BCUT2D eigenvalue weighted by atomic mass is 16.6. The molecule has 0 bridgehead atoms. The van der Waals surface area contributed by atoms with E-state index in [1.165, 1.54) is 4.90 Å². The topological polar surface area (TPSA) is 66.8 Å². The second-order valence-electron chi connectivity index (χ2n) is 5.55. The lowest BCUT2D eigenvalue weighted by Crippen LogP contribution is -2.26. The lowest BCUT2D eigenvalue weighted by Gasteiger charge is -2.17. The Morgan fingerprint density at radius 1 is 1.33 bits per heavy atom. The summed E-state index contributed by atoms with van der Waals surface area (Å²) in [6, 6.07) is 7.61. The largest absolute Gasteiger partial charge is 0.465 e. The summed E-state index contributed by atoms with van der Waals surface area (Å²) in [5, 5.41) is 8.79. The number of carboxylic acid groups (broad SMARTS) is 1. The summed E-state index contributed by atoms with van der Waals surface area (Å²) < 4.78 is 4.83. The number of anilines is 1. The van der Waals surface area contributed by atoms with E-state index in [0.717, 1.165) is 23.7 Å². The Bertz CT molecular complexity index is 531. The second-order valence-corrected chi connectivity index (χ2v) is 5.55. The van der Waals surface area contributed by atoms with Crippen LogP contribution in [0.15, 0.2) is 36.9 Å². The fourth-order valence-electron chi connectivity index (χ4n) is 1.88. The van der Waals surface area contributed by atoms with E-state index in [9.17, 15) is 9.59 Å². The quantitative estimate of drug-likeness (QED) is 0.637. The molecule has 21 heavy (non-hydrogen) atoms. The summed E-state index contributed by atoms with van der Waals surface area (Å²) in [5.74, 6) is -0.373. The fourth-order valence-corrected chi connectivity index (χ4v) is 1.88. The van der Waals surface area contributed by atoms with Gasteiger partial charge in [-0.05, 0) is 38.8 Å². The van der Waals surface area contributed by atoms with E-state index >= 15 is 0 Å². The number of fused-ring (bicyclic) bond motifs is 1. The molecule has 0 radical (unpaired) electrons. The molecule has 1 aliphatic heterocycles. The molecule has 0 spiro atoms. The number of carbonyl (C=O) groups is 2. The molecule has 0 fully saturated rings. The van der Waals surface area contributed by atoms with E-state index in [2.05, 4.69) is 6.58 Å². The number of esters is 1. The lowest BCUT2D eigenvalue weighted by molar-refractivity contribution is -0.148. The molecular weight excluding hydrogens is 270 g/mol. The van der Waals surface area contributed by atoms with Crippen molar-refractivity contribution in [2.45, 2.75) is 32.8 Å². The maximum absolute atomic E-state index is 10.7. The third kappa shape index (κ3) is 5.30. The standard InChI is InChI=1S/C9H9NO2.C7H12O2/c11-9(12)10-6-5-7-3-1-2-4-8(7)10;1-5-6(8)9-7(2,3)4/h1-4H,5-6H2,(H,11,12);5H,1H2,2-4H3. The number of para-hydroxylation sites is 1. The number of nitrogens with zero attached hydrogens (tertiary/aromatic N) is 1. The van der Waals surface area contributed by atoms with Gasteiger partial charge in [0, 0.05) is 12.6 Å². The maximum atomic E-state index is 10.7. The van der Waals surface area contributed by atoms with Crippen molar-refractivity contribution < 1.29 is 19.4 Å². The van der Waals surface area contributed by atoms with Gasteiger partial charge in [-0.1, -0.05) is 24.8 Å². The Morgan fingerprint density at radius 3 is 2.43 bits per heavy atom. The molecule has 5 heteroatoms. The Kier molecular flexibility index (Phi) is 5.52. The third-order valence-electron chi connectivity index (χ3n) is 2.69. The maximum Gasteiger partial charge on any atom is 0.411 e. The summed E-state index contributed by atoms with van der Waals surface area (Å²) in [7, 11) is 0. The molecule has 5 nitrogen and oxygen atoms in total. The van der Waals surface area contributed by atoms with E-state index < -0.39 is 11.7 Å². The highest BCUT2D eigenvalue weighted by Gasteiger charge is 2.22. The van der Waals surface area contributed by atoms with Crippen molar-refractivity contribution in [3.63, 3.8) is 0 Å². The van der Waals surface area contributed by atoms with Gasteiger partial charge in [0.05, 0.1) is 5.69 Å². The van der Waals surface area contributed by atoms with Crippen molar-refractivity contribution >= 4 is 17.7 Å². The molecule has 0 atom stereocenters. The number of benzene rings is 1. The first-order valence-corrected chi connectivity index (χ1v) is 6.68. The number of hydrogen-bond donors (Lipinski definition) is 1. The zero-order valence-corrected chi connectivity index (χ0v) is 12.6. The van der Waals surface area contributed by atoms with Crippen LogP contribution in [-0.4, -0.2) is 29.3 Å². The van der Waals surface area contributed by atoms with Crippen molar-refractivity contribution in [2.75, 3.05) is 11.4 Å². The molecule has 114 valence electrons. The summed E-state index contributed by atoms with van der Waals surface area (Å²) in [6.07, 6.45) is 1.13. The van der Waals surface area contributed by atoms with Crippen LogP contribution in [0.25, 0.3) is 0 Å². The van der Waals surface area contributed by atoms with Crippen molar-refractivity contribution in [1.82, 2.24) is 0 Å². The smallest absolute Gasteiger partial charge is 0.411 e. The van der Waals surface area contributed by atoms with E-state index in [1.54, 1.807) is 0 Å². The zero-order valence-electron chi connectivity index (χ0n) is 12.6. The summed E-state index contributed by atoms with van der Waals surface area (Å²) in [4.78, 5) is 22.6. The van der Waals surface area contributed by atoms with Crippen molar-refractivity contribution in [1.29, 1.82) is 0 Å². The van der Waals surface area contributed by atoms with Crippen molar-refractivity contribution in [3.05, 3.63) is 42.5 Å². The minimum atomic E-state index is -0.861. The molecule has 0 saturated heterocycles. The molecule has 0 saturated carbocycles. The monoisotopic (exact) mass is 291 g/mol. The van der Waals surface area contributed by atoms with Gasteiger partial charge >= 0.3 is 12.1 Å². The Morgan fingerprint density at radius 2 is 1.95 bits per heavy atom. The summed E-state index contributed by atoms with van der Waals surface area (Å²) in [6.45, 7) is 9.30. The molecule has 0 aromatic heterocycles. The summed E-state index contributed by atoms with van der Waals surface area (Å²) >= 11 is 0. The van der Waals surface area contributed by atoms with Crippen LogP contribution in [0.3, 0.4) is 0 Å². The highest BCUT2D eigenvalue weighted by molar-refractivity contribution is 5.88. The van der Waals surface area contributed by atoms with E-state index in [0.29, 0.717) is 6.54 Å². The average Bonchev–Trinajstić information content (AvgIpc) is 2.81. The van der Waals surface area contributed by atoms with Gasteiger partial charge in [-0.25, -0.2) is 9.59 Å². The van der Waals surface area contributed by atoms with Crippen LogP contribution < -0.4 is 4.90 Å². The first-order chi connectivity index (χ1) is 9.74. The second kappa shape index (κ2) is 6.92. The van der Waals surface area contributed by atoms with Gasteiger partial charge in [-0.15, -0.1) is 0 Å². The first kappa shape index (κ1) is 16.8. The van der Waals surface area contributed by atoms with Crippen molar-refractivity contribution in [3.8, 4) is 0 Å². The Labute approximate surface area is 124 Å². The third-order valence-corrected chi connectivity index (χ3v) is 2.69. The fraction of sp³-hybridized carbons (Fsp3) is 0.375. The van der Waals surface area contributed by atoms with Crippen LogP contribution in [0.2, 0.25) is 0 Å².